The van der Waals surface area contributed by atoms with Gasteiger partial charge in [0, 0.05) is 6.04 Å². The third kappa shape index (κ3) is 6.05. The molecule has 1 rings (SSSR count). The molecule has 124 valence electrons. The number of halogens is 3. The van der Waals surface area contributed by atoms with Gasteiger partial charge >= 0.3 is 12.1 Å². The molecule has 0 saturated carbocycles. The maximum Gasteiger partial charge on any atom is 0.416 e. The Bertz CT molecular complexity index is 471. The molecule has 0 saturated heterocycles. The van der Waals surface area contributed by atoms with Gasteiger partial charge in [0.1, 0.15) is 6.04 Å². The van der Waals surface area contributed by atoms with Crippen molar-refractivity contribution in [1.29, 1.82) is 0 Å². The van der Waals surface area contributed by atoms with E-state index in [9.17, 15) is 18.0 Å². The van der Waals surface area contributed by atoms with Crippen LogP contribution < -0.4 is 5.32 Å². The fourth-order valence-electron chi connectivity index (χ4n) is 2.24. The molecule has 0 aliphatic rings. The summed E-state index contributed by atoms with van der Waals surface area (Å²) in [5.74, 6) is -0.872. The van der Waals surface area contributed by atoms with Gasteiger partial charge in [0.2, 0.25) is 0 Å². The van der Waals surface area contributed by atoms with Gasteiger partial charge in [0.05, 0.1) is 5.56 Å². The van der Waals surface area contributed by atoms with Gasteiger partial charge in [-0.1, -0.05) is 25.5 Å². The fraction of sp³-hybridized carbons (Fsp3) is 0.562. The van der Waals surface area contributed by atoms with Crippen LogP contribution in [0.3, 0.4) is 0 Å². The van der Waals surface area contributed by atoms with Crippen molar-refractivity contribution in [1.82, 2.24) is 5.32 Å². The summed E-state index contributed by atoms with van der Waals surface area (Å²) in [6.07, 6.45) is -1.72. The zero-order valence-corrected chi connectivity index (χ0v) is 12.8. The second kappa shape index (κ2) is 8.17. The molecule has 2 atom stereocenters. The molecule has 0 heterocycles. The summed E-state index contributed by atoms with van der Waals surface area (Å²) in [5.41, 5.74) is 0.153. The van der Waals surface area contributed by atoms with E-state index in [1.165, 1.54) is 12.1 Å². The number of nitrogens with one attached hydrogen (secondary N) is 1. The van der Waals surface area contributed by atoms with E-state index in [1.807, 2.05) is 13.8 Å². The van der Waals surface area contributed by atoms with E-state index in [2.05, 4.69) is 5.32 Å². The van der Waals surface area contributed by atoms with Gasteiger partial charge in [-0.05, 0) is 43.9 Å². The minimum Gasteiger partial charge on any atom is -0.480 e. The highest BCUT2D eigenvalue weighted by Crippen LogP contribution is 2.29. The second-order valence-corrected chi connectivity index (χ2v) is 5.48. The molecule has 2 unspecified atom stereocenters. The highest BCUT2D eigenvalue weighted by atomic mass is 19.4. The number of carboxylic acid groups (broad SMARTS) is 1. The zero-order chi connectivity index (χ0) is 16.8. The van der Waals surface area contributed by atoms with Crippen molar-refractivity contribution in [3.8, 4) is 0 Å². The zero-order valence-electron chi connectivity index (χ0n) is 12.8. The summed E-state index contributed by atoms with van der Waals surface area (Å²) in [4.78, 5) is 11.1. The summed E-state index contributed by atoms with van der Waals surface area (Å²) in [7, 11) is 0. The van der Waals surface area contributed by atoms with Gasteiger partial charge < -0.3 is 10.4 Å². The highest BCUT2D eigenvalue weighted by molar-refractivity contribution is 5.73. The van der Waals surface area contributed by atoms with E-state index in [0.717, 1.165) is 24.1 Å². The molecule has 0 fully saturated rings. The van der Waals surface area contributed by atoms with Crippen molar-refractivity contribution in [2.75, 3.05) is 0 Å². The first-order valence-corrected chi connectivity index (χ1v) is 7.39. The Kier molecular flexibility index (Phi) is 6.87. The van der Waals surface area contributed by atoms with E-state index < -0.39 is 23.8 Å². The Morgan fingerprint density at radius 3 is 2.27 bits per heavy atom. The monoisotopic (exact) mass is 317 g/mol. The molecule has 3 nitrogen and oxygen atoms in total. The molecule has 0 aliphatic carbocycles. The maximum absolute atomic E-state index is 12.5. The largest absolute Gasteiger partial charge is 0.480 e. The van der Waals surface area contributed by atoms with Crippen molar-refractivity contribution in [2.45, 2.75) is 57.8 Å². The predicted molar refractivity (Wildman–Crippen MR) is 78.7 cm³/mol. The molecular weight excluding hydrogens is 295 g/mol. The van der Waals surface area contributed by atoms with Crippen molar-refractivity contribution in [3.05, 3.63) is 35.4 Å². The Morgan fingerprint density at radius 2 is 1.82 bits per heavy atom. The summed E-state index contributed by atoms with van der Waals surface area (Å²) in [5, 5.41) is 12.1. The van der Waals surface area contributed by atoms with Crippen LogP contribution in [0.5, 0.6) is 0 Å². The molecule has 1 aromatic rings. The van der Waals surface area contributed by atoms with Gasteiger partial charge in [-0.25, -0.2) is 0 Å². The van der Waals surface area contributed by atoms with Crippen molar-refractivity contribution in [3.63, 3.8) is 0 Å². The molecule has 1 aromatic carbocycles. The summed E-state index contributed by atoms with van der Waals surface area (Å²) < 4.78 is 37.4. The number of rotatable bonds is 8. The van der Waals surface area contributed by atoms with Gasteiger partial charge in [-0.15, -0.1) is 0 Å². The van der Waals surface area contributed by atoms with E-state index in [1.54, 1.807) is 0 Å². The van der Waals surface area contributed by atoms with Crippen LogP contribution in [0, 0.1) is 0 Å². The lowest BCUT2D eigenvalue weighted by atomic mass is 10.0. The third-order valence-electron chi connectivity index (χ3n) is 3.51. The first kappa shape index (κ1) is 18.5. The summed E-state index contributed by atoms with van der Waals surface area (Å²) >= 11 is 0. The minimum atomic E-state index is -4.32. The number of hydrogen-bond donors (Lipinski definition) is 2. The van der Waals surface area contributed by atoms with Crippen molar-refractivity contribution >= 4 is 5.97 Å². The molecule has 6 heteroatoms. The maximum atomic E-state index is 12.5. The van der Waals surface area contributed by atoms with Crippen LogP contribution in [0.15, 0.2) is 24.3 Å². The second-order valence-electron chi connectivity index (χ2n) is 5.48. The van der Waals surface area contributed by atoms with Crippen molar-refractivity contribution in [2.24, 2.45) is 0 Å². The fourth-order valence-corrected chi connectivity index (χ4v) is 2.24. The van der Waals surface area contributed by atoms with Crippen LogP contribution in [0.1, 0.15) is 44.2 Å². The van der Waals surface area contributed by atoms with Crippen molar-refractivity contribution < 1.29 is 23.1 Å². The van der Waals surface area contributed by atoms with Crippen LogP contribution in [-0.2, 0) is 17.4 Å². The van der Waals surface area contributed by atoms with Gasteiger partial charge in [0.15, 0.2) is 0 Å². The van der Waals surface area contributed by atoms with Gasteiger partial charge in [-0.2, -0.15) is 13.2 Å². The van der Waals surface area contributed by atoms with Crippen LogP contribution in [0.2, 0.25) is 0 Å². The smallest absolute Gasteiger partial charge is 0.416 e. The highest BCUT2D eigenvalue weighted by Gasteiger charge is 2.29. The van der Waals surface area contributed by atoms with Crippen LogP contribution in [0.25, 0.3) is 0 Å². The lowest BCUT2D eigenvalue weighted by Gasteiger charge is -2.19. The SMILES string of the molecule is CCCC(NC(C)CCc1ccc(C(F)(F)F)cc1)C(=O)O. The summed E-state index contributed by atoms with van der Waals surface area (Å²) in [6, 6.07) is 4.49. The Labute approximate surface area is 128 Å². The molecule has 0 radical (unpaired) electrons. The molecule has 22 heavy (non-hydrogen) atoms. The van der Waals surface area contributed by atoms with Crippen LogP contribution in [-0.4, -0.2) is 23.2 Å². The first-order chi connectivity index (χ1) is 10.2. The summed E-state index contributed by atoms with van der Waals surface area (Å²) in [6.45, 7) is 3.81. The van der Waals surface area contributed by atoms with E-state index in [4.69, 9.17) is 5.11 Å². The van der Waals surface area contributed by atoms with Gasteiger partial charge in [-0.3, -0.25) is 4.79 Å². The molecule has 0 aliphatic heterocycles. The lowest BCUT2D eigenvalue weighted by Crippen LogP contribution is -2.42. The normalized spacial score (nSPS) is 14.6. The molecule has 0 aromatic heterocycles. The number of carbonyl (C=O) groups is 1. The third-order valence-corrected chi connectivity index (χ3v) is 3.51. The van der Waals surface area contributed by atoms with Gasteiger partial charge in [0.25, 0.3) is 0 Å². The van der Waals surface area contributed by atoms with E-state index in [-0.39, 0.29) is 6.04 Å². The number of carboxylic acids is 1. The molecule has 0 bridgehead atoms. The van der Waals surface area contributed by atoms with Crippen LogP contribution >= 0.6 is 0 Å². The first-order valence-electron chi connectivity index (χ1n) is 7.39. The molecule has 2 N–H and O–H groups in total. The Morgan fingerprint density at radius 1 is 1.23 bits per heavy atom. The Hall–Kier alpha value is -1.56. The number of aryl methyl sites for hydroxylation is 1. The number of benzene rings is 1. The number of alkyl halides is 3. The van der Waals surface area contributed by atoms with E-state index >= 15 is 0 Å². The quantitative estimate of drug-likeness (QED) is 0.765. The molecule has 0 amide bonds. The van der Waals surface area contributed by atoms with E-state index in [0.29, 0.717) is 19.3 Å². The number of hydrogen-bond acceptors (Lipinski definition) is 2. The standard InChI is InChI=1S/C16H22F3NO2/c1-3-4-14(15(21)22)20-11(2)5-6-12-7-9-13(10-8-12)16(17,18)19/h7-11,14,20H,3-6H2,1-2H3,(H,21,22). The lowest BCUT2D eigenvalue weighted by molar-refractivity contribution is -0.140. The minimum absolute atomic E-state index is 0.0186. The predicted octanol–water partition coefficient (Wildman–Crippen LogP) is 3.87. The topological polar surface area (TPSA) is 49.3 Å². The number of aliphatic carboxylic acids is 1. The van der Waals surface area contributed by atoms with Crippen LogP contribution in [0.4, 0.5) is 13.2 Å². The average molecular weight is 317 g/mol. The molecular formula is C16H22F3NO2. The Balaban J connectivity index is 2.50. The average Bonchev–Trinajstić information content (AvgIpc) is 2.44. The molecule has 0 spiro atoms.